The van der Waals surface area contributed by atoms with E-state index in [1.807, 2.05) is 0 Å². The van der Waals surface area contributed by atoms with Crippen molar-refractivity contribution in [2.75, 3.05) is 14.2 Å². The van der Waals surface area contributed by atoms with Crippen LogP contribution in [-0.2, 0) is 10.8 Å². The van der Waals surface area contributed by atoms with Crippen molar-refractivity contribution < 1.29 is 9.47 Å². The summed E-state index contributed by atoms with van der Waals surface area (Å²) >= 11 is 7.80. The van der Waals surface area contributed by atoms with Crippen molar-refractivity contribution in [1.82, 2.24) is 0 Å². The fourth-order valence-corrected chi connectivity index (χ4v) is 5.33. The molecule has 0 saturated carbocycles. The van der Waals surface area contributed by atoms with E-state index in [0.29, 0.717) is 0 Å². The third-order valence-electron chi connectivity index (χ3n) is 6.03. The smallest absolute Gasteiger partial charge is 0.169 e. The Hall–Kier alpha value is -1.52. The molecule has 2 nitrogen and oxygen atoms in total. The molecule has 30 heavy (non-hydrogen) atoms. The first-order chi connectivity index (χ1) is 13.9. The average Bonchev–Trinajstić information content (AvgIpc) is 2.67. The van der Waals surface area contributed by atoms with E-state index in [1.54, 1.807) is 14.2 Å². The molecule has 4 heteroatoms. The molecule has 0 aliphatic carbocycles. The fraction of sp³-hybridized carbons (Fsp3) is 0.385. The molecule has 0 heterocycles. The average molecular weight is 532 g/mol. The van der Waals surface area contributed by atoms with Crippen LogP contribution in [-0.4, -0.2) is 14.2 Å². The van der Waals surface area contributed by atoms with Gasteiger partial charge >= 0.3 is 0 Å². The van der Waals surface area contributed by atoms with Gasteiger partial charge in [0.1, 0.15) is 0 Å². The van der Waals surface area contributed by atoms with Crippen molar-refractivity contribution in [3.8, 4) is 11.5 Å². The molecule has 0 radical (unpaired) electrons. The minimum atomic E-state index is 0.00796. The minimum absolute atomic E-state index is 0.00796. The van der Waals surface area contributed by atoms with E-state index in [9.17, 15) is 0 Å². The molecule has 4 aromatic rings. The van der Waals surface area contributed by atoms with Crippen LogP contribution < -0.4 is 9.47 Å². The number of halogens is 2. The highest BCUT2D eigenvalue weighted by molar-refractivity contribution is 9.13. The van der Waals surface area contributed by atoms with E-state index >= 15 is 0 Å². The van der Waals surface area contributed by atoms with Gasteiger partial charge in [-0.1, -0.05) is 41.5 Å². The summed E-state index contributed by atoms with van der Waals surface area (Å²) in [5, 5.41) is 6.97. The molecule has 0 atom stereocenters. The lowest BCUT2D eigenvalue weighted by molar-refractivity contribution is 0.362. The molecule has 0 N–H and O–H groups in total. The van der Waals surface area contributed by atoms with E-state index in [-0.39, 0.29) is 10.8 Å². The lowest BCUT2D eigenvalue weighted by atomic mass is 9.81. The molecule has 0 aliphatic rings. The predicted molar refractivity (Wildman–Crippen MR) is 136 cm³/mol. The Morgan fingerprint density at radius 1 is 0.567 bits per heavy atom. The standard InChI is InChI=1S/C26H28Br2O2/c1-25(2,3)13-9-15-19-17(11-13)23(29-7)24(30-8)18-12-14(26(4,5)6)10-16(20(18)19)22(28)21(15)27/h9-12H,1-8H3. The predicted octanol–water partition coefficient (Wildman–Crippen LogP) is 8.72. The fourth-order valence-electron chi connectivity index (χ4n) is 4.28. The van der Waals surface area contributed by atoms with Crippen molar-refractivity contribution in [3.05, 3.63) is 44.3 Å². The molecule has 0 spiro atoms. The molecule has 4 rings (SSSR count). The van der Waals surface area contributed by atoms with E-state index in [4.69, 9.17) is 9.47 Å². The van der Waals surface area contributed by atoms with E-state index < -0.39 is 0 Å². The largest absolute Gasteiger partial charge is 0.492 e. The van der Waals surface area contributed by atoms with Crippen molar-refractivity contribution in [2.45, 2.75) is 52.4 Å². The van der Waals surface area contributed by atoms with Crippen LogP contribution in [0, 0.1) is 0 Å². The highest BCUT2D eigenvalue weighted by Crippen LogP contribution is 2.53. The first-order valence-corrected chi connectivity index (χ1v) is 11.7. The second kappa shape index (κ2) is 7.00. The number of rotatable bonds is 2. The summed E-state index contributed by atoms with van der Waals surface area (Å²) in [4.78, 5) is 0. The molecule has 0 unspecified atom stereocenters. The number of hydrogen-bond acceptors (Lipinski definition) is 2. The second-order valence-electron chi connectivity index (χ2n) is 10.1. The highest BCUT2D eigenvalue weighted by atomic mass is 79.9. The van der Waals surface area contributed by atoms with Gasteiger partial charge in [0.2, 0.25) is 0 Å². The topological polar surface area (TPSA) is 18.5 Å². The summed E-state index contributed by atoms with van der Waals surface area (Å²) in [6.07, 6.45) is 0. The summed E-state index contributed by atoms with van der Waals surface area (Å²) in [5.74, 6) is 1.59. The maximum atomic E-state index is 5.96. The molecule has 0 bridgehead atoms. The van der Waals surface area contributed by atoms with Crippen LogP contribution >= 0.6 is 31.9 Å². The van der Waals surface area contributed by atoms with E-state index in [2.05, 4.69) is 97.7 Å². The Bertz CT molecular complexity index is 1190. The molecule has 0 amide bonds. The SMILES string of the molecule is COc1c(OC)c2cc(C(C)(C)C)cc3c(Br)c(Br)c4cc(C(C)(C)C)cc1c4c32. The van der Waals surface area contributed by atoms with Crippen LogP contribution in [0.5, 0.6) is 11.5 Å². The quantitative estimate of drug-likeness (QED) is 0.241. The lowest BCUT2D eigenvalue weighted by Gasteiger charge is -2.26. The Labute approximate surface area is 195 Å². The zero-order valence-electron chi connectivity index (χ0n) is 18.9. The summed E-state index contributed by atoms with van der Waals surface area (Å²) in [6.45, 7) is 13.4. The van der Waals surface area contributed by atoms with Gasteiger partial charge in [0.15, 0.2) is 11.5 Å². The maximum absolute atomic E-state index is 5.96. The van der Waals surface area contributed by atoms with Gasteiger partial charge in [-0.2, -0.15) is 0 Å². The monoisotopic (exact) mass is 530 g/mol. The summed E-state index contributed by atoms with van der Waals surface area (Å²) in [6, 6.07) is 9.14. The van der Waals surface area contributed by atoms with Crippen LogP contribution in [0.3, 0.4) is 0 Å². The third-order valence-corrected chi connectivity index (χ3v) is 8.21. The van der Waals surface area contributed by atoms with Gasteiger partial charge < -0.3 is 9.47 Å². The summed E-state index contributed by atoms with van der Waals surface area (Å²) in [5.41, 5.74) is 2.54. The molecular weight excluding hydrogens is 504 g/mol. The van der Waals surface area contributed by atoms with Crippen LogP contribution in [0.1, 0.15) is 52.7 Å². The van der Waals surface area contributed by atoms with Crippen LogP contribution in [0.2, 0.25) is 0 Å². The van der Waals surface area contributed by atoms with Crippen LogP contribution in [0.25, 0.3) is 32.3 Å². The Kier molecular flexibility index (Phi) is 5.06. The number of ether oxygens (including phenoxy) is 2. The number of benzene rings is 4. The second-order valence-corrected chi connectivity index (χ2v) is 11.7. The van der Waals surface area contributed by atoms with E-state index in [0.717, 1.165) is 31.2 Å². The zero-order valence-corrected chi connectivity index (χ0v) is 22.1. The van der Waals surface area contributed by atoms with Gasteiger partial charge in [-0.05, 0) is 88.9 Å². The normalized spacial score (nSPS) is 13.0. The Balaban J connectivity index is 2.38. The molecular formula is C26H28Br2O2. The lowest BCUT2D eigenvalue weighted by Crippen LogP contribution is -2.12. The van der Waals surface area contributed by atoms with Gasteiger partial charge in [-0.15, -0.1) is 0 Å². The van der Waals surface area contributed by atoms with Crippen molar-refractivity contribution >= 4 is 64.2 Å². The Morgan fingerprint density at radius 2 is 0.867 bits per heavy atom. The van der Waals surface area contributed by atoms with Gasteiger partial charge in [-0.3, -0.25) is 0 Å². The number of hydrogen-bond donors (Lipinski definition) is 0. The summed E-state index contributed by atoms with van der Waals surface area (Å²) < 4.78 is 14.1. The zero-order chi connectivity index (χ0) is 22.2. The molecule has 0 aromatic heterocycles. The van der Waals surface area contributed by atoms with Crippen LogP contribution in [0.15, 0.2) is 33.2 Å². The molecule has 4 aromatic carbocycles. The van der Waals surface area contributed by atoms with Crippen LogP contribution in [0.4, 0.5) is 0 Å². The van der Waals surface area contributed by atoms with Gasteiger partial charge in [0.25, 0.3) is 0 Å². The Morgan fingerprint density at radius 3 is 1.13 bits per heavy atom. The molecule has 158 valence electrons. The third kappa shape index (κ3) is 3.10. The molecule has 0 fully saturated rings. The number of methoxy groups -OCH3 is 2. The maximum Gasteiger partial charge on any atom is 0.169 e. The molecule has 0 saturated heterocycles. The van der Waals surface area contributed by atoms with Gasteiger partial charge in [-0.25, -0.2) is 0 Å². The van der Waals surface area contributed by atoms with Gasteiger partial charge in [0.05, 0.1) is 14.2 Å². The first-order valence-electron chi connectivity index (χ1n) is 10.2. The first kappa shape index (κ1) is 21.7. The highest BCUT2D eigenvalue weighted by Gasteiger charge is 2.27. The van der Waals surface area contributed by atoms with Crippen molar-refractivity contribution in [2.24, 2.45) is 0 Å². The minimum Gasteiger partial charge on any atom is -0.492 e. The molecule has 0 aliphatic heterocycles. The summed E-state index contributed by atoms with van der Waals surface area (Å²) in [7, 11) is 3.46. The van der Waals surface area contributed by atoms with Gasteiger partial charge in [0, 0.05) is 30.5 Å². The van der Waals surface area contributed by atoms with Crippen molar-refractivity contribution in [1.29, 1.82) is 0 Å². The van der Waals surface area contributed by atoms with E-state index in [1.165, 1.54) is 32.7 Å². The van der Waals surface area contributed by atoms with Crippen molar-refractivity contribution in [3.63, 3.8) is 0 Å².